The van der Waals surface area contributed by atoms with Crippen molar-refractivity contribution >= 4 is 17.7 Å². The molecule has 106 valence electrons. The number of nitro groups is 1. The largest absolute Gasteiger partial charge is 0.375 e. The number of carbonyl (C=O) groups excluding carboxylic acids is 1. The van der Waals surface area contributed by atoms with Crippen LogP contribution in [0.15, 0.2) is 30.3 Å². The lowest BCUT2D eigenvalue weighted by molar-refractivity contribution is -0.384. The molecule has 0 radical (unpaired) electrons. The average Bonchev–Trinajstić information content (AvgIpc) is 2.45. The van der Waals surface area contributed by atoms with Crippen molar-refractivity contribution in [3.63, 3.8) is 0 Å². The van der Waals surface area contributed by atoms with Crippen LogP contribution in [-0.4, -0.2) is 41.5 Å². The highest BCUT2D eigenvalue weighted by molar-refractivity contribution is 5.91. The van der Waals surface area contributed by atoms with Gasteiger partial charge in [-0.2, -0.15) is 0 Å². The fourth-order valence-electron chi connectivity index (χ4n) is 2.03. The number of ether oxygens (including phenoxy) is 1. The standard InChI is InChI=1S/C14H16N2O4/c1-11-10-15(7-8-20-11)14(17)6-5-12-3-2-4-13(9-12)16(18)19/h2-6,9,11H,7-8,10H2,1H3/b6-5+. The Labute approximate surface area is 116 Å². The summed E-state index contributed by atoms with van der Waals surface area (Å²) < 4.78 is 5.37. The van der Waals surface area contributed by atoms with Crippen LogP contribution in [0.4, 0.5) is 5.69 Å². The molecule has 0 aromatic heterocycles. The number of amides is 1. The van der Waals surface area contributed by atoms with Gasteiger partial charge in [-0.05, 0) is 18.6 Å². The van der Waals surface area contributed by atoms with Gasteiger partial charge in [-0.3, -0.25) is 14.9 Å². The molecule has 1 aromatic carbocycles. The molecule has 1 saturated heterocycles. The van der Waals surface area contributed by atoms with Crippen LogP contribution in [0.3, 0.4) is 0 Å². The molecule has 1 aliphatic heterocycles. The van der Waals surface area contributed by atoms with Crippen LogP contribution in [0.2, 0.25) is 0 Å². The number of morpholine rings is 1. The molecule has 0 aliphatic carbocycles. The number of hydrogen-bond acceptors (Lipinski definition) is 4. The molecule has 1 fully saturated rings. The summed E-state index contributed by atoms with van der Waals surface area (Å²) in [6, 6.07) is 6.17. The maximum Gasteiger partial charge on any atom is 0.270 e. The summed E-state index contributed by atoms with van der Waals surface area (Å²) in [6.45, 7) is 3.60. The van der Waals surface area contributed by atoms with Crippen molar-refractivity contribution in [2.75, 3.05) is 19.7 Å². The lowest BCUT2D eigenvalue weighted by Crippen LogP contribution is -2.43. The summed E-state index contributed by atoms with van der Waals surface area (Å²) in [5.74, 6) is -0.105. The zero-order chi connectivity index (χ0) is 14.5. The Bertz CT molecular complexity index is 542. The van der Waals surface area contributed by atoms with E-state index in [1.54, 1.807) is 23.1 Å². The summed E-state index contributed by atoms with van der Waals surface area (Å²) in [5.41, 5.74) is 0.647. The first-order chi connectivity index (χ1) is 9.56. The number of nitro benzene ring substituents is 1. The quantitative estimate of drug-likeness (QED) is 0.480. The van der Waals surface area contributed by atoms with Gasteiger partial charge in [0.15, 0.2) is 0 Å². The van der Waals surface area contributed by atoms with E-state index in [2.05, 4.69) is 0 Å². The van der Waals surface area contributed by atoms with Crippen LogP contribution < -0.4 is 0 Å². The molecule has 1 amide bonds. The fourth-order valence-corrected chi connectivity index (χ4v) is 2.03. The maximum atomic E-state index is 12.0. The van der Waals surface area contributed by atoms with Crippen molar-refractivity contribution in [2.45, 2.75) is 13.0 Å². The predicted octanol–water partition coefficient (Wildman–Crippen LogP) is 1.86. The van der Waals surface area contributed by atoms with Gasteiger partial charge >= 0.3 is 0 Å². The molecule has 20 heavy (non-hydrogen) atoms. The Kier molecular flexibility index (Phi) is 4.47. The number of benzene rings is 1. The van der Waals surface area contributed by atoms with E-state index in [4.69, 9.17) is 4.74 Å². The molecular formula is C14H16N2O4. The normalized spacial score (nSPS) is 19.2. The number of hydrogen-bond donors (Lipinski definition) is 0. The molecule has 1 heterocycles. The van der Waals surface area contributed by atoms with Gasteiger partial charge in [-0.1, -0.05) is 12.1 Å². The first-order valence-electron chi connectivity index (χ1n) is 6.39. The molecule has 6 nitrogen and oxygen atoms in total. The molecule has 1 atom stereocenters. The van der Waals surface area contributed by atoms with Crippen LogP contribution in [0, 0.1) is 10.1 Å². The third-order valence-electron chi connectivity index (χ3n) is 3.05. The van der Waals surface area contributed by atoms with Crippen LogP contribution >= 0.6 is 0 Å². The monoisotopic (exact) mass is 276 g/mol. The van der Waals surface area contributed by atoms with E-state index >= 15 is 0 Å². The molecule has 1 aromatic rings. The maximum absolute atomic E-state index is 12.0. The van der Waals surface area contributed by atoms with E-state index in [1.807, 2.05) is 6.92 Å². The van der Waals surface area contributed by atoms with E-state index in [0.717, 1.165) is 0 Å². The van der Waals surface area contributed by atoms with Crippen molar-refractivity contribution in [3.05, 3.63) is 46.0 Å². The lowest BCUT2D eigenvalue weighted by atomic mass is 10.2. The Morgan fingerprint density at radius 1 is 1.55 bits per heavy atom. The summed E-state index contributed by atoms with van der Waals surface area (Å²) in [4.78, 5) is 23.9. The van der Waals surface area contributed by atoms with E-state index in [-0.39, 0.29) is 17.7 Å². The van der Waals surface area contributed by atoms with Gasteiger partial charge in [0.1, 0.15) is 0 Å². The fraction of sp³-hybridized carbons (Fsp3) is 0.357. The van der Waals surface area contributed by atoms with Gasteiger partial charge in [0, 0.05) is 31.3 Å². The molecule has 6 heteroatoms. The Morgan fingerprint density at radius 3 is 3.05 bits per heavy atom. The number of rotatable bonds is 3. The Morgan fingerprint density at radius 2 is 2.35 bits per heavy atom. The van der Waals surface area contributed by atoms with Gasteiger partial charge in [0.05, 0.1) is 17.6 Å². The zero-order valence-electron chi connectivity index (χ0n) is 11.2. The van der Waals surface area contributed by atoms with Crippen molar-refractivity contribution < 1.29 is 14.5 Å². The van der Waals surface area contributed by atoms with E-state index in [9.17, 15) is 14.9 Å². The molecule has 1 unspecified atom stereocenters. The van der Waals surface area contributed by atoms with Crippen LogP contribution in [0.5, 0.6) is 0 Å². The first-order valence-corrected chi connectivity index (χ1v) is 6.39. The van der Waals surface area contributed by atoms with Crippen LogP contribution in [0.1, 0.15) is 12.5 Å². The average molecular weight is 276 g/mol. The molecule has 2 rings (SSSR count). The highest BCUT2D eigenvalue weighted by Crippen LogP contribution is 2.14. The zero-order valence-corrected chi connectivity index (χ0v) is 11.2. The van der Waals surface area contributed by atoms with Gasteiger partial charge in [-0.15, -0.1) is 0 Å². The minimum Gasteiger partial charge on any atom is -0.375 e. The molecule has 0 spiro atoms. The lowest BCUT2D eigenvalue weighted by Gasteiger charge is -2.30. The predicted molar refractivity (Wildman–Crippen MR) is 74.1 cm³/mol. The molecule has 0 N–H and O–H groups in total. The van der Waals surface area contributed by atoms with Crippen molar-refractivity contribution in [1.82, 2.24) is 4.90 Å². The van der Waals surface area contributed by atoms with Crippen molar-refractivity contribution in [1.29, 1.82) is 0 Å². The highest BCUT2D eigenvalue weighted by atomic mass is 16.6. The molecular weight excluding hydrogens is 260 g/mol. The second-order valence-corrected chi connectivity index (χ2v) is 4.65. The van der Waals surface area contributed by atoms with Gasteiger partial charge in [0.2, 0.25) is 5.91 Å². The minimum atomic E-state index is -0.456. The number of non-ortho nitro benzene ring substituents is 1. The number of nitrogens with zero attached hydrogens (tertiary/aromatic N) is 2. The van der Waals surface area contributed by atoms with Gasteiger partial charge in [-0.25, -0.2) is 0 Å². The van der Waals surface area contributed by atoms with Crippen molar-refractivity contribution in [2.24, 2.45) is 0 Å². The summed E-state index contributed by atoms with van der Waals surface area (Å²) in [6.07, 6.45) is 3.07. The van der Waals surface area contributed by atoms with E-state index < -0.39 is 4.92 Å². The highest BCUT2D eigenvalue weighted by Gasteiger charge is 2.19. The van der Waals surface area contributed by atoms with Gasteiger partial charge in [0.25, 0.3) is 5.69 Å². The summed E-state index contributed by atoms with van der Waals surface area (Å²) in [7, 11) is 0. The number of carbonyl (C=O) groups is 1. The summed E-state index contributed by atoms with van der Waals surface area (Å²) in [5, 5.41) is 10.7. The second-order valence-electron chi connectivity index (χ2n) is 4.65. The summed E-state index contributed by atoms with van der Waals surface area (Å²) >= 11 is 0. The van der Waals surface area contributed by atoms with E-state index in [1.165, 1.54) is 18.2 Å². The third kappa shape index (κ3) is 3.64. The smallest absolute Gasteiger partial charge is 0.270 e. The molecule has 0 saturated carbocycles. The SMILES string of the molecule is CC1CN(C(=O)/C=C/c2cccc([N+](=O)[O-])c2)CCO1. The minimum absolute atomic E-state index is 0.0135. The third-order valence-corrected chi connectivity index (χ3v) is 3.05. The van der Waals surface area contributed by atoms with Gasteiger partial charge < -0.3 is 9.64 Å². The Balaban J connectivity index is 2.03. The Hall–Kier alpha value is -2.21. The molecule has 0 bridgehead atoms. The topological polar surface area (TPSA) is 72.7 Å². The van der Waals surface area contributed by atoms with E-state index in [0.29, 0.717) is 25.3 Å². The van der Waals surface area contributed by atoms with Crippen molar-refractivity contribution in [3.8, 4) is 0 Å². The molecule has 1 aliphatic rings. The van der Waals surface area contributed by atoms with Crippen LogP contribution in [0.25, 0.3) is 6.08 Å². The first kappa shape index (κ1) is 14.2. The second kappa shape index (κ2) is 6.29. The van der Waals surface area contributed by atoms with Crippen LogP contribution in [-0.2, 0) is 9.53 Å².